The number of halogens is 1. The summed E-state index contributed by atoms with van der Waals surface area (Å²) in [6.45, 7) is 7.20. The normalized spacial score (nSPS) is 12.3. The molecule has 9 heteroatoms. The fraction of sp³-hybridized carbons (Fsp3) is 0.474. The first kappa shape index (κ1) is 21.3. The molecule has 2 rings (SSSR count). The number of nitrogens with zero attached hydrogens (tertiary/aromatic N) is 2. The molecule has 0 aliphatic rings. The maximum atomic E-state index is 13.0. The molecule has 0 fully saturated rings. The molecule has 1 heterocycles. The third-order valence-electron chi connectivity index (χ3n) is 3.41. The van der Waals surface area contributed by atoms with Gasteiger partial charge in [-0.1, -0.05) is 0 Å². The number of benzene rings is 1. The number of amides is 1. The highest BCUT2D eigenvalue weighted by atomic mass is 19.1. The highest BCUT2D eigenvalue weighted by Gasteiger charge is 2.19. The third kappa shape index (κ3) is 6.98. The minimum Gasteiger partial charge on any atom is -0.453 e. The molecule has 1 atom stereocenters. The SMILES string of the molecule is C[C@H](OC(=O)CCCNC(=O)OC(C)(C)C)c1nnc(-c2ccc(F)cc2)o1. The molecule has 0 saturated heterocycles. The standard InChI is InChI=1S/C19H24FN3O5/c1-12(16-22-23-17(27-16)13-7-9-14(20)10-8-13)26-15(24)6-5-11-21-18(25)28-19(2,3)4/h7-10,12H,5-6,11H2,1-4H3,(H,21,25)/t12-/m0/s1. The van der Waals surface area contributed by atoms with E-state index >= 15 is 0 Å². The van der Waals surface area contributed by atoms with Crippen LogP contribution in [0.25, 0.3) is 11.5 Å². The monoisotopic (exact) mass is 393 g/mol. The van der Waals surface area contributed by atoms with Crippen LogP contribution in [0, 0.1) is 5.82 Å². The van der Waals surface area contributed by atoms with E-state index in [-0.39, 0.29) is 30.6 Å². The number of hydrogen-bond acceptors (Lipinski definition) is 7. The van der Waals surface area contributed by atoms with E-state index < -0.39 is 23.8 Å². The van der Waals surface area contributed by atoms with Crippen LogP contribution in [0.5, 0.6) is 0 Å². The van der Waals surface area contributed by atoms with Gasteiger partial charge in [0.2, 0.25) is 5.89 Å². The van der Waals surface area contributed by atoms with E-state index in [9.17, 15) is 14.0 Å². The summed E-state index contributed by atoms with van der Waals surface area (Å²) in [6.07, 6.45) is -0.754. The summed E-state index contributed by atoms with van der Waals surface area (Å²) >= 11 is 0. The largest absolute Gasteiger partial charge is 0.453 e. The Balaban J connectivity index is 1.75. The number of carbonyl (C=O) groups is 2. The summed E-state index contributed by atoms with van der Waals surface area (Å²) in [5.74, 6) is -0.481. The van der Waals surface area contributed by atoms with Gasteiger partial charge in [0.15, 0.2) is 6.10 Å². The Morgan fingerprint density at radius 1 is 1.21 bits per heavy atom. The maximum absolute atomic E-state index is 13.0. The first-order valence-electron chi connectivity index (χ1n) is 8.90. The van der Waals surface area contributed by atoms with Gasteiger partial charge in [0.05, 0.1) is 0 Å². The molecule has 28 heavy (non-hydrogen) atoms. The number of aromatic nitrogens is 2. The lowest BCUT2D eigenvalue weighted by atomic mass is 10.2. The lowest BCUT2D eigenvalue weighted by Gasteiger charge is -2.19. The van der Waals surface area contributed by atoms with Crippen molar-refractivity contribution >= 4 is 12.1 Å². The first-order valence-corrected chi connectivity index (χ1v) is 8.90. The van der Waals surface area contributed by atoms with Crippen LogP contribution in [0.2, 0.25) is 0 Å². The Kier molecular flexibility index (Phi) is 7.08. The molecule has 0 aliphatic heterocycles. The minimum atomic E-state index is -0.729. The summed E-state index contributed by atoms with van der Waals surface area (Å²) < 4.78 is 28.8. The number of alkyl carbamates (subject to hydrolysis) is 1. The Labute approximate surface area is 162 Å². The second-order valence-corrected chi connectivity index (χ2v) is 7.12. The molecular formula is C19H24FN3O5. The van der Waals surface area contributed by atoms with Gasteiger partial charge in [-0.15, -0.1) is 10.2 Å². The molecular weight excluding hydrogens is 369 g/mol. The van der Waals surface area contributed by atoms with Crippen molar-refractivity contribution in [3.8, 4) is 11.5 Å². The molecule has 8 nitrogen and oxygen atoms in total. The molecule has 0 aliphatic carbocycles. The number of ether oxygens (including phenoxy) is 2. The van der Waals surface area contributed by atoms with Crippen molar-refractivity contribution < 1.29 is 27.9 Å². The van der Waals surface area contributed by atoms with Crippen molar-refractivity contribution in [1.29, 1.82) is 0 Å². The van der Waals surface area contributed by atoms with Gasteiger partial charge < -0.3 is 19.2 Å². The van der Waals surface area contributed by atoms with Crippen LogP contribution in [-0.2, 0) is 14.3 Å². The zero-order valence-electron chi connectivity index (χ0n) is 16.3. The minimum absolute atomic E-state index is 0.110. The Hall–Kier alpha value is -2.97. The molecule has 0 radical (unpaired) electrons. The quantitative estimate of drug-likeness (QED) is 0.564. The summed E-state index contributed by atoms with van der Waals surface area (Å²) in [4.78, 5) is 23.4. The molecule has 0 unspecified atom stereocenters. The zero-order chi connectivity index (χ0) is 20.7. The molecule has 1 aromatic carbocycles. The molecule has 1 amide bonds. The van der Waals surface area contributed by atoms with Crippen LogP contribution in [0.15, 0.2) is 28.7 Å². The van der Waals surface area contributed by atoms with E-state index in [2.05, 4.69) is 15.5 Å². The second kappa shape index (κ2) is 9.29. The predicted octanol–water partition coefficient (Wildman–Crippen LogP) is 3.78. The van der Waals surface area contributed by atoms with Crippen LogP contribution in [0.1, 0.15) is 52.5 Å². The molecule has 0 spiro atoms. The molecule has 0 saturated carbocycles. The van der Waals surface area contributed by atoms with Gasteiger partial charge in [-0.05, 0) is 58.4 Å². The van der Waals surface area contributed by atoms with E-state index in [1.165, 1.54) is 24.3 Å². The molecule has 0 bridgehead atoms. The van der Waals surface area contributed by atoms with E-state index in [1.54, 1.807) is 27.7 Å². The van der Waals surface area contributed by atoms with Gasteiger partial charge in [0.25, 0.3) is 5.89 Å². The summed E-state index contributed by atoms with van der Waals surface area (Å²) in [5, 5.41) is 10.3. The Morgan fingerprint density at radius 3 is 2.54 bits per heavy atom. The lowest BCUT2D eigenvalue weighted by molar-refractivity contribution is -0.149. The molecule has 1 N–H and O–H groups in total. The van der Waals surface area contributed by atoms with E-state index in [0.717, 1.165) is 0 Å². The van der Waals surface area contributed by atoms with E-state index in [1.807, 2.05) is 0 Å². The highest BCUT2D eigenvalue weighted by molar-refractivity contribution is 5.70. The number of hydrogen-bond donors (Lipinski definition) is 1. The molecule has 1 aromatic heterocycles. The van der Waals surface area contributed by atoms with Gasteiger partial charge in [0, 0.05) is 18.5 Å². The van der Waals surface area contributed by atoms with Gasteiger partial charge >= 0.3 is 12.1 Å². The second-order valence-electron chi connectivity index (χ2n) is 7.12. The van der Waals surface area contributed by atoms with E-state index in [4.69, 9.17) is 13.9 Å². The summed E-state index contributed by atoms with van der Waals surface area (Å²) in [6, 6.07) is 5.60. The molecule has 152 valence electrons. The lowest BCUT2D eigenvalue weighted by Crippen LogP contribution is -2.33. The van der Waals surface area contributed by atoms with Crippen LogP contribution >= 0.6 is 0 Å². The third-order valence-corrected chi connectivity index (χ3v) is 3.41. The van der Waals surface area contributed by atoms with Crippen molar-refractivity contribution in [3.05, 3.63) is 36.0 Å². The predicted molar refractivity (Wildman–Crippen MR) is 97.7 cm³/mol. The van der Waals surface area contributed by atoms with Gasteiger partial charge in [-0.3, -0.25) is 4.79 Å². The fourth-order valence-electron chi connectivity index (χ4n) is 2.15. The summed E-state index contributed by atoms with van der Waals surface area (Å²) in [5.41, 5.74) is -0.0122. The average molecular weight is 393 g/mol. The van der Waals surface area contributed by atoms with Gasteiger partial charge in [0.1, 0.15) is 11.4 Å². The molecule has 2 aromatic rings. The van der Waals surface area contributed by atoms with Crippen molar-refractivity contribution in [2.75, 3.05) is 6.54 Å². The van der Waals surface area contributed by atoms with Crippen LogP contribution in [0.3, 0.4) is 0 Å². The average Bonchev–Trinajstić information content (AvgIpc) is 3.08. The number of nitrogens with one attached hydrogen (secondary N) is 1. The number of rotatable bonds is 7. The highest BCUT2D eigenvalue weighted by Crippen LogP contribution is 2.22. The van der Waals surface area contributed by atoms with Crippen molar-refractivity contribution in [3.63, 3.8) is 0 Å². The zero-order valence-corrected chi connectivity index (χ0v) is 16.3. The topological polar surface area (TPSA) is 104 Å². The van der Waals surface area contributed by atoms with E-state index in [0.29, 0.717) is 12.0 Å². The Bertz CT molecular complexity index is 799. The first-order chi connectivity index (χ1) is 13.1. The number of carbonyl (C=O) groups excluding carboxylic acids is 2. The van der Waals surface area contributed by atoms with Crippen molar-refractivity contribution in [2.24, 2.45) is 0 Å². The number of esters is 1. The van der Waals surface area contributed by atoms with Gasteiger partial charge in [-0.25, -0.2) is 9.18 Å². The Morgan fingerprint density at radius 2 is 1.89 bits per heavy atom. The van der Waals surface area contributed by atoms with Crippen LogP contribution < -0.4 is 5.32 Å². The van der Waals surface area contributed by atoms with Crippen LogP contribution in [0.4, 0.5) is 9.18 Å². The van der Waals surface area contributed by atoms with Gasteiger partial charge in [-0.2, -0.15) is 0 Å². The van der Waals surface area contributed by atoms with Crippen LogP contribution in [-0.4, -0.2) is 34.4 Å². The van der Waals surface area contributed by atoms with Crippen molar-refractivity contribution in [1.82, 2.24) is 15.5 Å². The maximum Gasteiger partial charge on any atom is 0.407 e. The smallest absolute Gasteiger partial charge is 0.407 e. The summed E-state index contributed by atoms with van der Waals surface area (Å²) in [7, 11) is 0. The fourth-order valence-corrected chi connectivity index (χ4v) is 2.15. The van der Waals surface area contributed by atoms with Crippen molar-refractivity contribution in [2.45, 2.75) is 52.2 Å².